The Balaban J connectivity index is 2.28. The molecule has 1 aliphatic rings. The molecule has 1 aromatic rings. The van der Waals surface area contributed by atoms with Gasteiger partial charge in [0.1, 0.15) is 0 Å². The molecule has 1 aromatic carbocycles. The summed E-state index contributed by atoms with van der Waals surface area (Å²) >= 11 is 0. The molecule has 0 aliphatic heterocycles. The summed E-state index contributed by atoms with van der Waals surface area (Å²) < 4.78 is 29.1. The molecule has 1 N–H and O–H groups in total. The average Bonchev–Trinajstić information content (AvgIpc) is 2.73. The summed E-state index contributed by atoms with van der Waals surface area (Å²) in [7, 11) is 0. The zero-order chi connectivity index (χ0) is 21.3. The Hall–Kier alpha value is -1.83. The molecular weight excluding hydrogens is 326 g/mol. The molecule has 0 amide bonds. The van der Waals surface area contributed by atoms with E-state index < -0.39 is 18.1 Å². The SMILES string of the molecule is [2H]OC(C(=O)OC([2H])([2H])C#CCN(CC)CC)(c1ccccc1)C1CCCCC1. The van der Waals surface area contributed by atoms with Gasteiger partial charge in [-0.25, -0.2) is 4.79 Å². The number of hydrogen-bond acceptors (Lipinski definition) is 4. The molecule has 0 spiro atoms. The third kappa shape index (κ3) is 5.09. The maximum Gasteiger partial charge on any atom is 0.344 e. The van der Waals surface area contributed by atoms with E-state index in [0.29, 0.717) is 12.1 Å². The lowest BCUT2D eigenvalue weighted by Crippen LogP contribution is -2.45. The van der Waals surface area contributed by atoms with Crippen molar-refractivity contribution in [2.75, 3.05) is 26.2 Å². The van der Waals surface area contributed by atoms with Gasteiger partial charge in [-0.1, -0.05) is 75.3 Å². The average molecular weight is 361 g/mol. The predicted octanol–water partition coefficient (Wildman–Crippen LogP) is 3.34. The third-order valence-electron chi connectivity index (χ3n) is 5.17. The van der Waals surface area contributed by atoms with Crippen molar-refractivity contribution in [1.29, 1.82) is 1.43 Å². The van der Waals surface area contributed by atoms with E-state index in [4.69, 9.17) is 14.0 Å². The summed E-state index contributed by atoms with van der Waals surface area (Å²) in [4.78, 5) is 15.3. The number of nitrogens with zero attached hydrogens (tertiary/aromatic N) is 1. The molecule has 1 atom stereocenters. The third-order valence-corrected chi connectivity index (χ3v) is 5.17. The molecule has 0 heterocycles. The fraction of sp³-hybridized carbons (Fsp3) is 0.591. The Labute approximate surface area is 161 Å². The van der Waals surface area contributed by atoms with E-state index in [1.54, 1.807) is 24.3 Å². The largest absolute Gasteiger partial charge is 0.450 e. The van der Waals surface area contributed by atoms with Crippen molar-refractivity contribution >= 4 is 5.97 Å². The number of aliphatic hydroxyl groups is 1. The van der Waals surface area contributed by atoms with Crippen molar-refractivity contribution in [1.82, 2.24) is 4.90 Å². The first kappa shape index (κ1) is 16.4. The van der Waals surface area contributed by atoms with E-state index in [2.05, 4.69) is 11.8 Å². The predicted molar refractivity (Wildman–Crippen MR) is 103 cm³/mol. The van der Waals surface area contributed by atoms with E-state index in [-0.39, 0.29) is 5.92 Å². The molecule has 0 saturated heterocycles. The summed E-state index contributed by atoms with van der Waals surface area (Å²) in [6.07, 6.45) is 4.39. The highest BCUT2D eigenvalue weighted by Gasteiger charge is 2.46. The highest BCUT2D eigenvalue weighted by atomic mass is 16.5. The van der Waals surface area contributed by atoms with E-state index in [9.17, 15) is 4.79 Å². The Kier molecular flexibility index (Phi) is 6.51. The minimum Gasteiger partial charge on any atom is -0.450 e. The Morgan fingerprint density at radius 2 is 1.96 bits per heavy atom. The van der Waals surface area contributed by atoms with Crippen LogP contribution in [-0.2, 0) is 15.1 Å². The van der Waals surface area contributed by atoms with E-state index in [1.807, 2.05) is 24.8 Å². The first-order valence-electron chi connectivity index (χ1n) is 11.0. The highest BCUT2D eigenvalue weighted by Crippen LogP contribution is 2.40. The molecule has 4 heteroatoms. The first-order chi connectivity index (χ1) is 13.9. The maximum atomic E-state index is 13.2. The van der Waals surface area contributed by atoms with Crippen LogP contribution in [0.5, 0.6) is 0 Å². The summed E-state index contributed by atoms with van der Waals surface area (Å²) in [6.45, 7) is 3.55. The number of carbonyl (C=O) groups excluding carboxylic acids is 1. The van der Waals surface area contributed by atoms with Crippen molar-refractivity contribution in [3.8, 4) is 11.8 Å². The molecule has 0 bridgehead atoms. The first-order valence-corrected chi connectivity index (χ1v) is 9.55. The van der Waals surface area contributed by atoms with Gasteiger partial charge in [-0.3, -0.25) is 4.90 Å². The number of ether oxygens (including phenoxy) is 1. The van der Waals surface area contributed by atoms with Gasteiger partial charge in [0.25, 0.3) is 0 Å². The molecular formula is C22H31NO3. The molecule has 142 valence electrons. The van der Waals surface area contributed by atoms with Gasteiger partial charge < -0.3 is 9.85 Å². The Morgan fingerprint density at radius 3 is 2.58 bits per heavy atom. The lowest BCUT2D eigenvalue weighted by atomic mass is 9.73. The topological polar surface area (TPSA) is 49.8 Å². The quantitative estimate of drug-likeness (QED) is 0.571. The van der Waals surface area contributed by atoms with Gasteiger partial charge in [0, 0.05) is 5.92 Å². The molecule has 0 radical (unpaired) electrons. The van der Waals surface area contributed by atoms with Gasteiger partial charge in [-0.15, -0.1) is 0 Å². The second-order valence-electron chi connectivity index (χ2n) is 6.69. The summed E-state index contributed by atoms with van der Waals surface area (Å²) in [5, 5.41) is 5.10. The molecule has 1 fully saturated rings. The van der Waals surface area contributed by atoms with Crippen molar-refractivity contribution in [3.63, 3.8) is 0 Å². The fourth-order valence-corrected chi connectivity index (χ4v) is 3.50. The maximum absolute atomic E-state index is 13.2. The van der Waals surface area contributed by atoms with Crippen LogP contribution in [-0.4, -0.2) is 43.6 Å². The van der Waals surface area contributed by atoms with E-state index in [0.717, 1.165) is 45.2 Å². The number of esters is 1. The van der Waals surface area contributed by atoms with Crippen molar-refractivity contribution in [3.05, 3.63) is 35.9 Å². The number of hydrogen-bond donors (Lipinski definition) is 1. The second kappa shape index (κ2) is 10.4. The highest BCUT2D eigenvalue weighted by molar-refractivity contribution is 5.81. The number of carbonyl (C=O) groups is 1. The lowest BCUT2D eigenvalue weighted by molar-refractivity contribution is -0.174. The molecule has 1 unspecified atom stereocenters. The van der Waals surface area contributed by atoms with Crippen molar-refractivity contribution < 1.29 is 17.4 Å². The summed E-state index contributed by atoms with van der Waals surface area (Å²) in [6, 6.07) is 8.83. The van der Waals surface area contributed by atoms with Crippen LogP contribution in [0.2, 0.25) is 0 Å². The fourth-order valence-electron chi connectivity index (χ4n) is 3.50. The van der Waals surface area contributed by atoms with Gasteiger partial charge in [0.15, 0.2) is 12.2 Å². The van der Waals surface area contributed by atoms with Gasteiger partial charge in [0.2, 0.25) is 1.43 Å². The van der Waals surface area contributed by atoms with Crippen molar-refractivity contribution in [2.24, 2.45) is 5.92 Å². The molecule has 26 heavy (non-hydrogen) atoms. The molecule has 1 aliphatic carbocycles. The van der Waals surface area contributed by atoms with Crippen LogP contribution in [0.4, 0.5) is 0 Å². The van der Waals surface area contributed by atoms with Gasteiger partial charge in [-0.2, -0.15) is 0 Å². The van der Waals surface area contributed by atoms with Crippen LogP contribution in [0.1, 0.15) is 54.3 Å². The van der Waals surface area contributed by atoms with Crippen LogP contribution in [0.25, 0.3) is 0 Å². The molecule has 1 saturated carbocycles. The molecule has 2 rings (SSSR count). The Morgan fingerprint density at radius 1 is 1.27 bits per heavy atom. The summed E-state index contributed by atoms with van der Waals surface area (Å²) in [5.74, 6) is 4.04. The number of benzene rings is 1. The van der Waals surface area contributed by atoms with Crippen molar-refractivity contribution in [2.45, 2.75) is 51.6 Å². The lowest BCUT2D eigenvalue weighted by Gasteiger charge is -2.36. The van der Waals surface area contributed by atoms with E-state index in [1.165, 1.54) is 0 Å². The normalized spacial score (nSPS) is 19.4. The van der Waals surface area contributed by atoms with Gasteiger partial charge >= 0.3 is 5.97 Å². The molecule has 0 aromatic heterocycles. The van der Waals surface area contributed by atoms with Crippen LogP contribution in [0.3, 0.4) is 0 Å². The zero-order valence-electron chi connectivity index (χ0n) is 18.8. The van der Waals surface area contributed by atoms with Crippen LogP contribution >= 0.6 is 0 Å². The monoisotopic (exact) mass is 360 g/mol. The molecule has 4 nitrogen and oxygen atoms in total. The van der Waals surface area contributed by atoms with Gasteiger partial charge in [0.05, 0.1) is 9.29 Å². The zero-order valence-corrected chi connectivity index (χ0v) is 15.8. The van der Waals surface area contributed by atoms with Crippen LogP contribution in [0, 0.1) is 17.8 Å². The standard InChI is InChI=1S/C22H31NO3/c1-3-23(4-2)17-11-12-18-26-21(24)22(25,19-13-7-5-8-14-19)20-15-9-6-10-16-20/h5,7-8,13-14,20,25H,3-4,6,9-10,15-18H2,1-2H3/i18D2,25D. The van der Waals surface area contributed by atoms with Crippen LogP contribution in [0.15, 0.2) is 30.3 Å². The smallest absolute Gasteiger partial charge is 0.344 e. The second-order valence-corrected chi connectivity index (χ2v) is 6.69. The summed E-state index contributed by atoms with van der Waals surface area (Å²) in [5.41, 5.74) is -1.14. The Bertz CT molecular complexity index is 707. The minimum absolute atomic E-state index is 0.247. The van der Waals surface area contributed by atoms with Crippen LogP contribution < -0.4 is 0 Å². The minimum atomic E-state index is -2.46. The number of rotatable bonds is 8. The van der Waals surface area contributed by atoms with Gasteiger partial charge in [-0.05, 0) is 31.5 Å². The van der Waals surface area contributed by atoms with E-state index >= 15 is 0 Å².